The number of carbonyl (C=O) groups is 3. The summed E-state index contributed by atoms with van der Waals surface area (Å²) >= 11 is 7.39. The van der Waals surface area contributed by atoms with E-state index in [4.69, 9.17) is 11.6 Å². The lowest BCUT2D eigenvalue weighted by Crippen LogP contribution is -2.49. The Labute approximate surface area is 184 Å². The summed E-state index contributed by atoms with van der Waals surface area (Å²) in [5, 5.41) is 2.98. The standard InChI is InChI=1S/C22H22ClN3O3S/c1-14(27)15-2-5-17(6-3-15)25-8-10-26(11-9-25)21(28)13-20-22(29)24-18-12-16(23)4-7-19(18)30-20/h2-7,12,20H,8-11,13H2,1H3,(H,24,29). The molecule has 30 heavy (non-hydrogen) atoms. The average Bonchev–Trinajstić information content (AvgIpc) is 2.74. The normalized spacial score (nSPS) is 18.6. The highest BCUT2D eigenvalue weighted by atomic mass is 35.5. The third kappa shape index (κ3) is 4.47. The first kappa shape index (κ1) is 20.8. The number of rotatable bonds is 4. The molecule has 8 heteroatoms. The highest BCUT2D eigenvalue weighted by molar-refractivity contribution is 8.01. The third-order valence-electron chi connectivity index (χ3n) is 5.39. The van der Waals surface area contributed by atoms with E-state index in [1.807, 2.05) is 35.2 Å². The summed E-state index contributed by atoms with van der Waals surface area (Å²) in [5.74, 6) is -0.119. The van der Waals surface area contributed by atoms with Gasteiger partial charge in [-0.05, 0) is 49.4 Å². The minimum Gasteiger partial charge on any atom is -0.368 e. The molecule has 0 spiro atoms. The van der Waals surface area contributed by atoms with Crippen LogP contribution in [0.2, 0.25) is 5.02 Å². The third-order valence-corrected chi connectivity index (χ3v) is 6.90. The highest BCUT2D eigenvalue weighted by Gasteiger charge is 2.31. The second-order valence-corrected chi connectivity index (χ2v) is 9.09. The Morgan fingerprint density at radius 2 is 1.80 bits per heavy atom. The van der Waals surface area contributed by atoms with Crippen molar-refractivity contribution in [2.45, 2.75) is 23.5 Å². The minimum atomic E-state index is -0.441. The van der Waals surface area contributed by atoms with E-state index < -0.39 is 5.25 Å². The number of anilines is 2. The molecule has 2 aromatic carbocycles. The van der Waals surface area contributed by atoms with Crippen molar-refractivity contribution in [1.29, 1.82) is 0 Å². The molecule has 0 aliphatic carbocycles. The number of benzene rings is 2. The summed E-state index contributed by atoms with van der Waals surface area (Å²) in [6.07, 6.45) is 0.172. The molecule has 0 aromatic heterocycles. The molecule has 2 aromatic rings. The number of fused-ring (bicyclic) bond motifs is 1. The Kier molecular flexibility index (Phi) is 6.01. The molecular weight excluding hydrogens is 422 g/mol. The van der Waals surface area contributed by atoms with E-state index in [1.165, 1.54) is 11.8 Å². The monoisotopic (exact) mass is 443 g/mol. The number of halogens is 1. The van der Waals surface area contributed by atoms with Crippen LogP contribution < -0.4 is 10.2 Å². The number of Topliss-reactive ketones (excluding diaryl/α,β-unsaturated/α-hetero) is 1. The van der Waals surface area contributed by atoms with Gasteiger partial charge >= 0.3 is 0 Å². The van der Waals surface area contributed by atoms with Crippen LogP contribution in [0, 0.1) is 0 Å². The summed E-state index contributed by atoms with van der Waals surface area (Å²) in [5.41, 5.74) is 2.44. The van der Waals surface area contributed by atoms with Gasteiger partial charge in [-0.2, -0.15) is 0 Å². The van der Waals surface area contributed by atoms with Crippen LogP contribution in [0.4, 0.5) is 11.4 Å². The Hall–Kier alpha value is -2.51. The molecule has 6 nitrogen and oxygen atoms in total. The lowest BCUT2D eigenvalue weighted by molar-refractivity contribution is -0.132. The molecule has 1 fully saturated rings. The molecule has 1 N–H and O–H groups in total. The van der Waals surface area contributed by atoms with Crippen LogP contribution in [0.1, 0.15) is 23.7 Å². The number of hydrogen-bond acceptors (Lipinski definition) is 5. The Morgan fingerprint density at radius 1 is 1.10 bits per heavy atom. The maximum Gasteiger partial charge on any atom is 0.238 e. The number of carbonyl (C=O) groups excluding carboxylic acids is 3. The molecule has 0 radical (unpaired) electrons. The summed E-state index contributed by atoms with van der Waals surface area (Å²) in [6, 6.07) is 12.9. The SMILES string of the molecule is CC(=O)c1ccc(N2CCN(C(=O)CC3Sc4ccc(Cl)cc4NC3=O)CC2)cc1. The fourth-order valence-corrected chi connectivity index (χ4v) is 4.92. The summed E-state index contributed by atoms with van der Waals surface area (Å²) in [6.45, 7) is 4.21. The molecule has 4 rings (SSSR count). The van der Waals surface area contributed by atoms with Gasteiger partial charge < -0.3 is 15.1 Å². The van der Waals surface area contributed by atoms with Crippen molar-refractivity contribution in [3.8, 4) is 0 Å². The van der Waals surface area contributed by atoms with Crippen LogP contribution in [0.3, 0.4) is 0 Å². The zero-order valence-electron chi connectivity index (χ0n) is 16.6. The molecule has 2 aliphatic heterocycles. The maximum absolute atomic E-state index is 12.8. The van der Waals surface area contributed by atoms with Gasteiger partial charge in [0.1, 0.15) is 0 Å². The molecule has 0 saturated carbocycles. The van der Waals surface area contributed by atoms with Gasteiger partial charge in [-0.3, -0.25) is 14.4 Å². The topological polar surface area (TPSA) is 69.7 Å². The van der Waals surface area contributed by atoms with E-state index in [0.717, 1.165) is 23.7 Å². The van der Waals surface area contributed by atoms with Crippen LogP contribution in [-0.2, 0) is 9.59 Å². The van der Waals surface area contributed by atoms with Gasteiger partial charge in [0.2, 0.25) is 11.8 Å². The van der Waals surface area contributed by atoms with Gasteiger partial charge in [-0.15, -0.1) is 11.8 Å². The van der Waals surface area contributed by atoms with Crippen LogP contribution in [0.25, 0.3) is 0 Å². The smallest absolute Gasteiger partial charge is 0.238 e. The van der Waals surface area contributed by atoms with Crippen molar-refractivity contribution in [2.75, 3.05) is 36.4 Å². The van der Waals surface area contributed by atoms with E-state index in [-0.39, 0.29) is 24.0 Å². The highest BCUT2D eigenvalue weighted by Crippen LogP contribution is 2.38. The molecule has 2 heterocycles. The summed E-state index contributed by atoms with van der Waals surface area (Å²) in [4.78, 5) is 41.6. The van der Waals surface area contributed by atoms with Gasteiger partial charge in [-0.1, -0.05) is 11.6 Å². The number of hydrogen-bond donors (Lipinski definition) is 1. The lowest BCUT2D eigenvalue weighted by atomic mass is 10.1. The van der Waals surface area contributed by atoms with Crippen molar-refractivity contribution in [2.24, 2.45) is 0 Å². The minimum absolute atomic E-state index is 0.00774. The Balaban J connectivity index is 1.33. The van der Waals surface area contributed by atoms with Crippen LogP contribution >= 0.6 is 23.4 Å². The number of nitrogens with one attached hydrogen (secondary N) is 1. The largest absolute Gasteiger partial charge is 0.368 e. The second-order valence-electron chi connectivity index (χ2n) is 7.41. The summed E-state index contributed by atoms with van der Waals surface area (Å²) < 4.78 is 0. The van der Waals surface area contributed by atoms with E-state index in [0.29, 0.717) is 29.4 Å². The first-order chi connectivity index (χ1) is 14.4. The van der Waals surface area contributed by atoms with Gasteiger partial charge in [0, 0.05) is 53.8 Å². The number of piperazine rings is 1. The summed E-state index contributed by atoms with van der Waals surface area (Å²) in [7, 11) is 0. The van der Waals surface area contributed by atoms with Crippen molar-refractivity contribution < 1.29 is 14.4 Å². The van der Waals surface area contributed by atoms with Crippen LogP contribution in [0.5, 0.6) is 0 Å². The molecule has 1 saturated heterocycles. The Bertz CT molecular complexity index is 988. The molecule has 2 aliphatic rings. The fraction of sp³-hybridized carbons (Fsp3) is 0.318. The van der Waals surface area contributed by atoms with E-state index in [1.54, 1.807) is 19.1 Å². The van der Waals surface area contributed by atoms with Crippen LogP contribution in [-0.4, -0.2) is 53.9 Å². The van der Waals surface area contributed by atoms with Crippen molar-refractivity contribution in [3.63, 3.8) is 0 Å². The van der Waals surface area contributed by atoms with Crippen LogP contribution in [0.15, 0.2) is 47.4 Å². The number of nitrogens with zero attached hydrogens (tertiary/aromatic N) is 2. The first-order valence-electron chi connectivity index (χ1n) is 9.81. The van der Waals surface area contributed by atoms with Crippen molar-refractivity contribution in [3.05, 3.63) is 53.1 Å². The van der Waals surface area contributed by atoms with Gasteiger partial charge in [-0.25, -0.2) is 0 Å². The number of ketones is 1. The van der Waals surface area contributed by atoms with Crippen molar-refractivity contribution in [1.82, 2.24) is 4.90 Å². The quantitative estimate of drug-likeness (QED) is 0.730. The van der Waals surface area contributed by atoms with Gasteiger partial charge in [0.25, 0.3) is 0 Å². The predicted molar refractivity (Wildman–Crippen MR) is 120 cm³/mol. The first-order valence-corrected chi connectivity index (χ1v) is 11.1. The average molecular weight is 444 g/mol. The number of amides is 2. The Morgan fingerprint density at radius 3 is 2.47 bits per heavy atom. The van der Waals surface area contributed by atoms with E-state index >= 15 is 0 Å². The van der Waals surface area contributed by atoms with E-state index in [2.05, 4.69) is 10.2 Å². The molecule has 1 atom stereocenters. The molecule has 2 amide bonds. The van der Waals surface area contributed by atoms with Gasteiger partial charge in [0.15, 0.2) is 5.78 Å². The zero-order chi connectivity index (χ0) is 21.3. The predicted octanol–water partition coefficient (Wildman–Crippen LogP) is 3.69. The fourth-order valence-electron chi connectivity index (χ4n) is 3.67. The lowest BCUT2D eigenvalue weighted by Gasteiger charge is -2.37. The number of thioether (sulfide) groups is 1. The van der Waals surface area contributed by atoms with E-state index in [9.17, 15) is 14.4 Å². The zero-order valence-corrected chi connectivity index (χ0v) is 18.1. The van der Waals surface area contributed by atoms with Gasteiger partial charge in [0.05, 0.1) is 10.9 Å². The van der Waals surface area contributed by atoms with Crippen molar-refractivity contribution >= 4 is 52.3 Å². The maximum atomic E-state index is 12.8. The molecular formula is C22H22ClN3O3S. The molecule has 156 valence electrons. The molecule has 1 unspecified atom stereocenters. The molecule has 0 bridgehead atoms. The second kappa shape index (κ2) is 8.70.